The molecule has 0 radical (unpaired) electrons. The number of aromatic nitrogens is 1. The van der Waals surface area contributed by atoms with E-state index in [1.807, 2.05) is 0 Å². The second-order valence-corrected chi connectivity index (χ2v) is 8.51. The SMILES string of the molecule is [2H]c1c(C)[n+](C)c(-c2cc3c(cc2C)C2CCC3CC2)c2cc(C)ccc12. The molecule has 1 nitrogen and oxygen atoms in total. The fourth-order valence-corrected chi connectivity index (χ4v) is 5.34. The van der Waals surface area contributed by atoms with E-state index in [0.29, 0.717) is 6.04 Å². The molecule has 1 aromatic heterocycles. The average Bonchev–Trinajstić information content (AvgIpc) is 2.67. The van der Waals surface area contributed by atoms with Crippen molar-refractivity contribution in [2.75, 3.05) is 0 Å². The predicted octanol–water partition coefficient (Wildman–Crippen LogP) is 6.01. The quantitative estimate of drug-likeness (QED) is 0.476. The molecule has 2 bridgehead atoms. The van der Waals surface area contributed by atoms with Crippen molar-refractivity contribution in [2.45, 2.75) is 58.3 Å². The van der Waals surface area contributed by atoms with Gasteiger partial charge in [0.2, 0.25) is 5.69 Å². The number of rotatable bonds is 1. The van der Waals surface area contributed by atoms with Crippen molar-refractivity contribution in [3.8, 4) is 11.3 Å². The number of hydrogen-bond acceptors (Lipinski definition) is 0. The van der Waals surface area contributed by atoms with E-state index in [-0.39, 0.29) is 0 Å². The first-order valence-electron chi connectivity index (χ1n) is 10.5. The van der Waals surface area contributed by atoms with Crippen molar-refractivity contribution in [3.63, 3.8) is 0 Å². The number of pyridine rings is 1. The molecule has 0 saturated heterocycles. The molecule has 1 fully saturated rings. The van der Waals surface area contributed by atoms with Crippen LogP contribution in [0.5, 0.6) is 0 Å². The molecule has 0 amide bonds. The third-order valence-corrected chi connectivity index (χ3v) is 6.88. The molecule has 0 unspecified atom stereocenters. The van der Waals surface area contributed by atoms with Crippen LogP contribution in [0.2, 0.25) is 0 Å². The van der Waals surface area contributed by atoms with E-state index >= 15 is 0 Å². The Morgan fingerprint density at radius 1 is 0.923 bits per heavy atom. The Morgan fingerprint density at radius 3 is 2.27 bits per heavy atom. The van der Waals surface area contributed by atoms with Crippen molar-refractivity contribution in [1.29, 1.82) is 0 Å². The maximum absolute atomic E-state index is 8.61. The summed E-state index contributed by atoms with van der Waals surface area (Å²) in [6.07, 6.45) is 5.46. The largest absolute Gasteiger partial charge is 0.220 e. The van der Waals surface area contributed by atoms with Gasteiger partial charge in [0.15, 0.2) is 5.69 Å². The molecule has 0 aliphatic heterocycles. The van der Waals surface area contributed by atoms with Crippen LogP contribution in [-0.4, -0.2) is 0 Å². The van der Waals surface area contributed by atoms with Crippen molar-refractivity contribution in [2.24, 2.45) is 7.05 Å². The van der Waals surface area contributed by atoms with Crippen LogP contribution in [0, 0.1) is 20.8 Å². The molecule has 0 atom stereocenters. The van der Waals surface area contributed by atoms with Gasteiger partial charge in [-0.15, -0.1) is 0 Å². The van der Waals surface area contributed by atoms with E-state index in [1.54, 1.807) is 11.1 Å². The second kappa shape index (κ2) is 5.67. The molecule has 3 aliphatic carbocycles. The van der Waals surface area contributed by atoms with Gasteiger partial charge in [0.1, 0.15) is 7.05 Å². The Morgan fingerprint density at radius 2 is 1.58 bits per heavy atom. The number of aryl methyl sites for hydroxylation is 2. The van der Waals surface area contributed by atoms with Crippen molar-refractivity contribution >= 4 is 10.8 Å². The highest BCUT2D eigenvalue weighted by Gasteiger charge is 2.34. The van der Waals surface area contributed by atoms with Crippen LogP contribution in [0.1, 0.15) is 66.8 Å². The van der Waals surface area contributed by atoms with Gasteiger partial charge >= 0.3 is 0 Å². The van der Waals surface area contributed by atoms with Crippen LogP contribution in [0.25, 0.3) is 22.0 Å². The maximum atomic E-state index is 8.61. The molecule has 26 heavy (non-hydrogen) atoms. The third-order valence-electron chi connectivity index (χ3n) is 6.88. The molecular weight excluding hydrogens is 314 g/mol. The summed E-state index contributed by atoms with van der Waals surface area (Å²) in [6.45, 7) is 6.48. The highest BCUT2D eigenvalue weighted by Crippen LogP contribution is 2.50. The Labute approximate surface area is 158 Å². The van der Waals surface area contributed by atoms with Gasteiger partial charge in [0, 0.05) is 13.0 Å². The topological polar surface area (TPSA) is 3.88 Å². The molecule has 0 N–H and O–H groups in total. The summed E-state index contributed by atoms with van der Waals surface area (Å²) in [5.41, 5.74) is 9.49. The minimum absolute atomic E-state index is 0.644. The lowest BCUT2D eigenvalue weighted by Gasteiger charge is -2.38. The molecule has 6 rings (SSSR count). The second-order valence-electron chi connectivity index (χ2n) is 8.51. The number of fused-ring (bicyclic) bond motifs is 3. The van der Waals surface area contributed by atoms with Gasteiger partial charge in [-0.05, 0) is 85.6 Å². The lowest BCUT2D eigenvalue weighted by Crippen LogP contribution is -2.35. The Kier molecular flexibility index (Phi) is 3.26. The minimum Gasteiger partial charge on any atom is -0.198 e. The Balaban J connectivity index is 1.85. The molecule has 0 spiro atoms. The number of benzene rings is 2. The number of hydrogen-bond donors (Lipinski definition) is 0. The lowest BCUT2D eigenvalue weighted by atomic mass is 9.66. The van der Waals surface area contributed by atoms with Gasteiger partial charge in [-0.3, -0.25) is 0 Å². The van der Waals surface area contributed by atoms with Crippen molar-refractivity contribution in [3.05, 3.63) is 64.3 Å². The first kappa shape index (κ1) is 15.0. The van der Waals surface area contributed by atoms with Gasteiger partial charge in [-0.25, -0.2) is 0 Å². The van der Waals surface area contributed by atoms with Gasteiger partial charge in [-0.2, -0.15) is 4.57 Å². The van der Waals surface area contributed by atoms with Crippen LogP contribution in [0.15, 0.2) is 36.4 Å². The molecular formula is C25H28N+. The molecule has 1 heteroatoms. The minimum atomic E-state index is 0.644. The molecule has 2 aromatic carbocycles. The maximum Gasteiger partial charge on any atom is 0.220 e. The van der Waals surface area contributed by atoms with E-state index in [4.69, 9.17) is 1.37 Å². The summed E-state index contributed by atoms with van der Waals surface area (Å²) in [5, 5.41) is 2.27. The van der Waals surface area contributed by atoms with Crippen LogP contribution >= 0.6 is 0 Å². The van der Waals surface area contributed by atoms with E-state index in [9.17, 15) is 0 Å². The normalized spacial score (nSPS) is 21.8. The molecule has 1 saturated carbocycles. The van der Waals surface area contributed by atoms with Gasteiger partial charge in [0.05, 0.1) is 12.3 Å². The predicted molar refractivity (Wildman–Crippen MR) is 109 cm³/mol. The van der Waals surface area contributed by atoms with Crippen LogP contribution < -0.4 is 4.57 Å². The lowest BCUT2D eigenvalue weighted by molar-refractivity contribution is -0.665. The summed E-state index contributed by atoms with van der Waals surface area (Å²) >= 11 is 0. The average molecular weight is 344 g/mol. The van der Waals surface area contributed by atoms with E-state index in [1.165, 1.54) is 53.5 Å². The summed E-state index contributed by atoms with van der Waals surface area (Å²) in [5.74, 6) is 1.53. The molecule has 3 aromatic rings. The van der Waals surface area contributed by atoms with E-state index < -0.39 is 0 Å². The van der Waals surface area contributed by atoms with Gasteiger partial charge in [-0.1, -0.05) is 23.8 Å². The number of nitrogens with zero attached hydrogens (tertiary/aromatic N) is 1. The van der Waals surface area contributed by atoms with Crippen LogP contribution in [0.4, 0.5) is 0 Å². The summed E-state index contributed by atoms with van der Waals surface area (Å²) in [6, 6.07) is 12.1. The molecule has 3 aliphatic rings. The highest BCUT2D eigenvalue weighted by atomic mass is 14.9. The van der Waals surface area contributed by atoms with E-state index in [2.05, 4.69) is 62.7 Å². The Hall–Kier alpha value is -2.15. The Bertz CT molecular complexity index is 1090. The summed E-state index contributed by atoms with van der Waals surface area (Å²) < 4.78 is 10.8. The fourth-order valence-electron chi connectivity index (χ4n) is 5.34. The van der Waals surface area contributed by atoms with Crippen molar-refractivity contribution < 1.29 is 5.94 Å². The highest BCUT2D eigenvalue weighted by molar-refractivity contribution is 5.94. The van der Waals surface area contributed by atoms with Gasteiger partial charge < -0.3 is 0 Å². The zero-order valence-corrected chi connectivity index (χ0v) is 16.3. The smallest absolute Gasteiger partial charge is 0.198 e. The fraction of sp³-hybridized carbons (Fsp3) is 0.400. The monoisotopic (exact) mass is 343 g/mol. The zero-order chi connectivity index (χ0) is 18.9. The molecule has 1 heterocycles. The van der Waals surface area contributed by atoms with Crippen molar-refractivity contribution in [1.82, 2.24) is 0 Å². The molecule has 132 valence electrons. The standard InChI is InChI=1S/C25H28N/c1-15-5-6-20-13-17(3)26(4)25(24(20)11-15)21-14-23-19-9-7-18(8-10-19)22(23)12-16(21)2/h5-6,11-14,18-19H,7-10H2,1-4H3/q+1/i13D. The first-order valence-corrected chi connectivity index (χ1v) is 10.00. The van der Waals surface area contributed by atoms with E-state index in [0.717, 1.165) is 22.9 Å². The summed E-state index contributed by atoms with van der Waals surface area (Å²) in [7, 11) is 2.12. The van der Waals surface area contributed by atoms with Crippen LogP contribution in [-0.2, 0) is 7.05 Å². The van der Waals surface area contributed by atoms with Crippen LogP contribution in [0.3, 0.4) is 0 Å². The summed E-state index contributed by atoms with van der Waals surface area (Å²) in [4.78, 5) is 0. The first-order chi connectivity index (χ1) is 13.0. The van der Waals surface area contributed by atoms with Gasteiger partial charge in [0.25, 0.3) is 0 Å². The third kappa shape index (κ3) is 2.26. The zero-order valence-electron chi connectivity index (χ0n) is 17.3.